The third kappa shape index (κ3) is 4.78. The molecule has 0 saturated carbocycles. The van der Waals surface area contributed by atoms with Crippen LogP contribution in [0.1, 0.15) is 19.4 Å². The third-order valence-electron chi connectivity index (χ3n) is 2.25. The molecule has 0 aliphatic carbocycles. The van der Waals surface area contributed by atoms with Gasteiger partial charge in [-0.2, -0.15) is 0 Å². The van der Waals surface area contributed by atoms with E-state index >= 15 is 0 Å². The average molecular weight is 271 g/mol. The smallest absolute Gasteiger partial charge is 0.0232 e. The monoisotopic (exact) mass is 270 g/mol. The van der Waals surface area contributed by atoms with E-state index in [0.29, 0.717) is 18.6 Å². The normalized spacial score (nSPS) is 13.1. The second-order valence-corrected chi connectivity index (χ2v) is 5.00. The summed E-state index contributed by atoms with van der Waals surface area (Å²) < 4.78 is 1.12. The van der Waals surface area contributed by atoms with Gasteiger partial charge in [0.15, 0.2) is 0 Å². The van der Waals surface area contributed by atoms with Crippen molar-refractivity contribution >= 4 is 15.9 Å². The largest absolute Gasteiger partial charge is 0.329 e. The minimum absolute atomic E-state index is 0.367. The van der Waals surface area contributed by atoms with E-state index in [1.165, 1.54) is 5.56 Å². The fraction of sp³-hybridized carbons (Fsp3) is 0.500. The first-order valence-electron chi connectivity index (χ1n) is 5.32. The van der Waals surface area contributed by atoms with Crippen molar-refractivity contribution in [1.29, 1.82) is 0 Å². The molecular weight excluding hydrogens is 252 g/mol. The summed E-state index contributed by atoms with van der Waals surface area (Å²) in [6.45, 7) is 4.96. The Balaban J connectivity index is 2.54. The van der Waals surface area contributed by atoms with E-state index in [0.717, 1.165) is 10.9 Å². The van der Waals surface area contributed by atoms with Crippen LogP contribution in [0.4, 0.5) is 0 Å². The molecule has 0 aliphatic heterocycles. The first kappa shape index (κ1) is 12.7. The maximum absolute atomic E-state index is 5.73. The van der Waals surface area contributed by atoms with Crippen molar-refractivity contribution in [3.05, 3.63) is 34.3 Å². The quantitative estimate of drug-likeness (QED) is 0.862. The summed E-state index contributed by atoms with van der Waals surface area (Å²) in [7, 11) is 0. The molecule has 3 heteroatoms. The van der Waals surface area contributed by atoms with Gasteiger partial charge in [-0.3, -0.25) is 0 Å². The van der Waals surface area contributed by atoms with Gasteiger partial charge < -0.3 is 11.1 Å². The lowest BCUT2D eigenvalue weighted by molar-refractivity contribution is 0.466. The van der Waals surface area contributed by atoms with Crippen LogP contribution in [0.15, 0.2) is 28.7 Å². The van der Waals surface area contributed by atoms with Crippen LogP contribution in [-0.4, -0.2) is 18.6 Å². The summed E-state index contributed by atoms with van der Waals surface area (Å²) in [4.78, 5) is 0. The molecule has 2 nitrogen and oxygen atoms in total. The highest BCUT2D eigenvalue weighted by Gasteiger charge is 2.08. The Morgan fingerprint density at radius 3 is 2.33 bits per heavy atom. The van der Waals surface area contributed by atoms with E-state index in [2.05, 4.69) is 59.4 Å². The predicted molar refractivity (Wildman–Crippen MR) is 69.0 cm³/mol. The van der Waals surface area contributed by atoms with Crippen LogP contribution in [-0.2, 0) is 6.42 Å². The minimum atomic E-state index is 0.367. The van der Waals surface area contributed by atoms with Crippen molar-refractivity contribution in [2.24, 2.45) is 5.73 Å². The van der Waals surface area contributed by atoms with Gasteiger partial charge in [0, 0.05) is 23.1 Å². The van der Waals surface area contributed by atoms with Crippen LogP contribution in [0.3, 0.4) is 0 Å². The molecular formula is C12H19BrN2. The van der Waals surface area contributed by atoms with E-state index in [4.69, 9.17) is 5.73 Å². The average Bonchev–Trinajstić information content (AvgIpc) is 2.19. The van der Waals surface area contributed by atoms with Gasteiger partial charge in [-0.15, -0.1) is 0 Å². The van der Waals surface area contributed by atoms with E-state index in [9.17, 15) is 0 Å². The SMILES string of the molecule is CC(C)NC(CN)Cc1ccc(Br)cc1. The summed E-state index contributed by atoms with van der Waals surface area (Å²) in [5, 5.41) is 3.46. The Morgan fingerprint density at radius 2 is 1.87 bits per heavy atom. The Kier molecular flexibility index (Phi) is 5.29. The molecule has 0 bridgehead atoms. The number of benzene rings is 1. The summed E-state index contributed by atoms with van der Waals surface area (Å²) in [5.74, 6) is 0. The Hall–Kier alpha value is -0.380. The molecule has 0 heterocycles. The van der Waals surface area contributed by atoms with Gasteiger partial charge in [0.2, 0.25) is 0 Å². The van der Waals surface area contributed by atoms with Gasteiger partial charge in [0.1, 0.15) is 0 Å². The van der Waals surface area contributed by atoms with Crippen LogP contribution < -0.4 is 11.1 Å². The van der Waals surface area contributed by atoms with Crippen LogP contribution in [0.2, 0.25) is 0 Å². The van der Waals surface area contributed by atoms with Crippen LogP contribution in [0.25, 0.3) is 0 Å². The first-order valence-corrected chi connectivity index (χ1v) is 6.11. The summed E-state index contributed by atoms with van der Waals surface area (Å²) in [5.41, 5.74) is 7.05. The fourth-order valence-corrected chi connectivity index (χ4v) is 1.85. The van der Waals surface area contributed by atoms with Crippen LogP contribution >= 0.6 is 15.9 Å². The Morgan fingerprint density at radius 1 is 1.27 bits per heavy atom. The van der Waals surface area contributed by atoms with Crippen molar-refractivity contribution in [3.63, 3.8) is 0 Å². The van der Waals surface area contributed by atoms with E-state index in [1.807, 2.05) is 0 Å². The lowest BCUT2D eigenvalue weighted by Crippen LogP contribution is -2.41. The van der Waals surface area contributed by atoms with E-state index in [-0.39, 0.29) is 0 Å². The number of nitrogens with two attached hydrogens (primary N) is 1. The molecule has 0 amide bonds. The number of hydrogen-bond acceptors (Lipinski definition) is 2. The predicted octanol–water partition coefficient (Wildman–Crippen LogP) is 2.32. The zero-order chi connectivity index (χ0) is 11.3. The van der Waals surface area contributed by atoms with Gasteiger partial charge >= 0.3 is 0 Å². The second-order valence-electron chi connectivity index (χ2n) is 4.08. The first-order chi connectivity index (χ1) is 7.11. The maximum atomic E-state index is 5.73. The molecule has 84 valence electrons. The summed E-state index contributed by atoms with van der Waals surface area (Å²) in [6.07, 6.45) is 0.988. The summed E-state index contributed by atoms with van der Waals surface area (Å²) in [6, 6.07) is 9.25. The molecule has 1 aromatic rings. The molecule has 1 unspecified atom stereocenters. The van der Waals surface area contributed by atoms with E-state index < -0.39 is 0 Å². The fourth-order valence-electron chi connectivity index (χ4n) is 1.59. The summed E-state index contributed by atoms with van der Waals surface area (Å²) >= 11 is 3.43. The highest BCUT2D eigenvalue weighted by Crippen LogP contribution is 2.11. The molecule has 0 radical (unpaired) electrons. The third-order valence-corrected chi connectivity index (χ3v) is 2.78. The Labute approximate surface area is 100 Å². The number of nitrogens with one attached hydrogen (secondary N) is 1. The van der Waals surface area contributed by atoms with Gasteiger partial charge in [0.05, 0.1) is 0 Å². The zero-order valence-corrected chi connectivity index (χ0v) is 10.9. The highest BCUT2D eigenvalue weighted by atomic mass is 79.9. The van der Waals surface area contributed by atoms with Gasteiger partial charge in [0.25, 0.3) is 0 Å². The standard InChI is InChI=1S/C12H19BrN2/c1-9(2)15-12(8-14)7-10-3-5-11(13)6-4-10/h3-6,9,12,15H,7-8,14H2,1-2H3. The molecule has 1 aromatic carbocycles. The lowest BCUT2D eigenvalue weighted by atomic mass is 10.1. The number of halogens is 1. The second kappa shape index (κ2) is 6.26. The van der Waals surface area contributed by atoms with Crippen LogP contribution in [0.5, 0.6) is 0 Å². The van der Waals surface area contributed by atoms with Gasteiger partial charge in [-0.1, -0.05) is 41.9 Å². The number of hydrogen-bond donors (Lipinski definition) is 2. The molecule has 1 rings (SSSR count). The molecule has 0 saturated heterocycles. The van der Waals surface area contributed by atoms with Crippen LogP contribution in [0, 0.1) is 0 Å². The molecule has 0 spiro atoms. The molecule has 0 aliphatic rings. The molecule has 0 aromatic heterocycles. The maximum Gasteiger partial charge on any atom is 0.0232 e. The van der Waals surface area contributed by atoms with Crippen molar-refractivity contribution in [2.45, 2.75) is 32.4 Å². The van der Waals surface area contributed by atoms with Crippen molar-refractivity contribution < 1.29 is 0 Å². The molecule has 1 atom stereocenters. The zero-order valence-electron chi connectivity index (χ0n) is 9.33. The topological polar surface area (TPSA) is 38.0 Å². The lowest BCUT2D eigenvalue weighted by Gasteiger charge is -2.19. The highest BCUT2D eigenvalue weighted by molar-refractivity contribution is 9.10. The minimum Gasteiger partial charge on any atom is -0.329 e. The van der Waals surface area contributed by atoms with Gasteiger partial charge in [-0.25, -0.2) is 0 Å². The molecule has 15 heavy (non-hydrogen) atoms. The number of rotatable bonds is 5. The molecule has 0 fully saturated rings. The van der Waals surface area contributed by atoms with Crippen molar-refractivity contribution in [2.75, 3.05) is 6.54 Å². The van der Waals surface area contributed by atoms with E-state index in [1.54, 1.807) is 0 Å². The Bertz CT molecular complexity index is 282. The van der Waals surface area contributed by atoms with Crippen molar-refractivity contribution in [1.82, 2.24) is 5.32 Å². The van der Waals surface area contributed by atoms with Crippen molar-refractivity contribution in [3.8, 4) is 0 Å². The molecule has 3 N–H and O–H groups in total. The van der Waals surface area contributed by atoms with Gasteiger partial charge in [-0.05, 0) is 24.1 Å².